The second-order valence-corrected chi connectivity index (χ2v) is 4.51. The van der Waals surface area contributed by atoms with Gasteiger partial charge in [-0.05, 0) is 17.1 Å². The van der Waals surface area contributed by atoms with Crippen molar-refractivity contribution >= 4 is 11.7 Å². The number of hydrogen-bond donors (Lipinski definition) is 0. The number of rotatable bonds is 3. The molecular weight excluding hydrogens is 216 g/mol. The third-order valence-electron chi connectivity index (χ3n) is 2.90. The van der Waals surface area contributed by atoms with Crippen LogP contribution in [0.1, 0.15) is 19.4 Å². The fourth-order valence-corrected chi connectivity index (χ4v) is 1.94. The van der Waals surface area contributed by atoms with Crippen molar-refractivity contribution in [2.45, 2.75) is 26.1 Å². The van der Waals surface area contributed by atoms with E-state index in [1.165, 1.54) is 0 Å². The summed E-state index contributed by atoms with van der Waals surface area (Å²) in [4.78, 5) is 11.2. The Kier molecular flexibility index (Phi) is 3.18. The molecule has 0 bridgehead atoms. The number of benzene rings is 1. The molecule has 3 nitrogen and oxygen atoms in total. The van der Waals surface area contributed by atoms with Gasteiger partial charge in [-0.15, -0.1) is 0 Å². The normalized spacial score (nSPS) is 23.4. The monoisotopic (exact) mass is 232 g/mol. The highest BCUT2D eigenvalue weighted by Crippen LogP contribution is 2.31. The minimum Gasteiger partial charge on any atom is -0.426 e. The maximum absolute atomic E-state index is 11.2. The lowest BCUT2D eigenvalue weighted by atomic mass is 9.93. The molecular formula is C14H16O3. The van der Waals surface area contributed by atoms with Crippen LogP contribution in [-0.2, 0) is 9.47 Å². The zero-order valence-corrected chi connectivity index (χ0v) is 10.1. The Morgan fingerprint density at radius 3 is 2.47 bits per heavy atom. The molecule has 3 heteroatoms. The highest BCUT2D eigenvalue weighted by atomic mass is 16.8. The van der Waals surface area contributed by atoms with Gasteiger partial charge in [0.05, 0.1) is 0 Å². The number of carbonyl (C=O) groups is 1. The molecule has 0 unspecified atom stereocenters. The summed E-state index contributed by atoms with van der Waals surface area (Å²) in [5.74, 6) is 0.201. The molecule has 1 saturated heterocycles. The zero-order valence-electron chi connectivity index (χ0n) is 10.1. The van der Waals surface area contributed by atoms with E-state index >= 15 is 0 Å². The summed E-state index contributed by atoms with van der Waals surface area (Å²) < 4.78 is 10.3. The summed E-state index contributed by atoms with van der Waals surface area (Å²) in [6.07, 6.45) is -1.24. The molecule has 1 heterocycles. The second-order valence-electron chi connectivity index (χ2n) is 4.51. The Morgan fingerprint density at radius 1 is 1.24 bits per heavy atom. The molecule has 0 spiro atoms. The van der Waals surface area contributed by atoms with E-state index in [9.17, 15) is 4.79 Å². The average molecular weight is 232 g/mol. The quantitative estimate of drug-likeness (QED) is 0.750. The van der Waals surface area contributed by atoms with Gasteiger partial charge in [0.1, 0.15) is 6.10 Å². The number of cyclic esters (lactones) is 2. The number of ether oxygens (including phenoxy) is 2. The predicted molar refractivity (Wildman–Crippen MR) is 65.5 cm³/mol. The summed E-state index contributed by atoms with van der Waals surface area (Å²) in [7, 11) is 0. The fourth-order valence-electron chi connectivity index (χ4n) is 1.94. The third-order valence-corrected chi connectivity index (χ3v) is 2.90. The first-order valence-electron chi connectivity index (χ1n) is 5.71. The van der Waals surface area contributed by atoms with Crippen LogP contribution in [0.15, 0.2) is 36.9 Å². The smallest absolute Gasteiger partial charge is 0.426 e. The largest absolute Gasteiger partial charge is 0.509 e. The third kappa shape index (κ3) is 2.33. The lowest BCUT2D eigenvalue weighted by Gasteiger charge is -2.20. The molecule has 90 valence electrons. The Labute approximate surface area is 101 Å². The first-order valence-corrected chi connectivity index (χ1v) is 5.71. The number of carbonyl (C=O) groups excluding carboxylic acids is 1. The fraction of sp³-hybridized carbons (Fsp3) is 0.357. The highest BCUT2D eigenvalue weighted by Gasteiger charge is 2.40. The van der Waals surface area contributed by atoms with Crippen molar-refractivity contribution in [1.29, 1.82) is 0 Å². The van der Waals surface area contributed by atoms with Gasteiger partial charge in [-0.25, -0.2) is 4.79 Å². The van der Waals surface area contributed by atoms with Crippen LogP contribution in [0.2, 0.25) is 0 Å². The molecule has 0 radical (unpaired) electrons. The van der Waals surface area contributed by atoms with E-state index < -0.39 is 6.16 Å². The first kappa shape index (κ1) is 11.7. The SMILES string of the molecule is C=C(c1ccccc1)[C@H]1OC(=O)O[C@@H]1C(C)C. The summed E-state index contributed by atoms with van der Waals surface area (Å²) >= 11 is 0. The maximum atomic E-state index is 11.2. The van der Waals surface area contributed by atoms with Crippen LogP contribution in [0.25, 0.3) is 5.57 Å². The highest BCUT2D eigenvalue weighted by molar-refractivity contribution is 5.73. The Morgan fingerprint density at radius 2 is 1.88 bits per heavy atom. The molecule has 1 aromatic carbocycles. The van der Waals surface area contributed by atoms with Crippen molar-refractivity contribution in [2.24, 2.45) is 5.92 Å². The van der Waals surface area contributed by atoms with Crippen molar-refractivity contribution in [3.8, 4) is 0 Å². The van der Waals surface area contributed by atoms with Crippen LogP contribution in [0, 0.1) is 5.92 Å². The molecule has 2 rings (SSSR count). The summed E-state index contributed by atoms with van der Waals surface area (Å²) in [5.41, 5.74) is 1.76. The van der Waals surface area contributed by atoms with Gasteiger partial charge >= 0.3 is 6.16 Å². The van der Waals surface area contributed by atoms with Gasteiger partial charge in [0, 0.05) is 0 Å². The van der Waals surface area contributed by atoms with Gasteiger partial charge in [0.15, 0.2) is 6.10 Å². The van der Waals surface area contributed by atoms with Gasteiger partial charge in [-0.2, -0.15) is 0 Å². The minimum atomic E-state index is -0.606. The Balaban J connectivity index is 2.22. The summed E-state index contributed by atoms with van der Waals surface area (Å²) in [5, 5.41) is 0. The van der Waals surface area contributed by atoms with Crippen molar-refractivity contribution in [3.63, 3.8) is 0 Å². The Hall–Kier alpha value is -1.77. The van der Waals surface area contributed by atoms with E-state index in [1.807, 2.05) is 44.2 Å². The van der Waals surface area contributed by atoms with Crippen LogP contribution in [0.4, 0.5) is 4.79 Å². The molecule has 1 aliphatic rings. The molecule has 0 N–H and O–H groups in total. The standard InChI is InChI=1S/C14H16O3/c1-9(2)12-13(17-14(15)16-12)10(3)11-7-5-4-6-8-11/h4-9,12-13H,3H2,1-2H3/t12-,13-/m1/s1. The van der Waals surface area contributed by atoms with Gasteiger partial charge in [-0.3, -0.25) is 0 Å². The molecule has 1 aromatic rings. The van der Waals surface area contributed by atoms with Gasteiger partial charge in [-0.1, -0.05) is 50.8 Å². The predicted octanol–water partition coefficient (Wildman–Crippen LogP) is 3.26. The van der Waals surface area contributed by atoms with E-state index in [1.54, 1.807) is 0 Å². The van der Waals surface area contributed by atoms with Crippen molar-refractivity contribution < 1.29 is 14.3 Å². The molecule has 0 aliphatic carbocycles. The number of hydrogen-bond acceptors (Lipinski definition) is 3. The summed E-state index contributed by atoms with van der Waals surface area (Å²) in [6, 6.07) is 9.71. The van der Waals surface area contributed by atoms with Gasteiger partial charge in [0.2, 0.25) is 0 Å². The van der Waals surface area contributed by atoms with Crippen molar-refractivity contribution in [2.75, 3.05) is 0 Å². The topological polar surface area (TPSA) is 35.5 Å². The zero-order chi connectivity index (χ0) is 12.4. The van der Waals surface area contributed by atoms with Crippen LogP contribution in [0.5, 0.6) is 0 Å². The molecule has 17 heavy (non-hydrogen) atoms. The van der Waals surface area contributed by atoms with E-state index in [4.69, 9.17) is 9.47 Å². The maximum Gasteiger partial charge on any atom is 0.509 e. The van der Waals surface area contributed by atoms with E-state index in [0.29, 0.717) is 0 Å². The molecule has 0 saturated carbocycles. The minimum absolute atomic E-state index is 0.201. The van der Waals surface area contributed by atoms with Crippen LogP contribution in [0.3, 0.4) is 0 Å². The lowest BCUT2D eigenvalue weighted by molar-refractivity contribution is 0.104. The Bertz CT molecular complexity index is 422. The van der Waals surface area contributed by atoms with Crippen LogP contribution in [-0.4, -0.2) is 18.4 Å². The van der Waals surface area contributed by atoms with Crippen molar-refractivity contribution in [3.05, 3.63) is 42.5 Å². The second kappa shape index (κ2) is 4.62. The molecule has 1 aliphatic heterocycles. The first-order chi connectivity index (χ1) is 8.09. The average Bonchev–Trinajstić information content (AvgIpc) is 2.72. The molecule has 0 aromatic heterocycles. The molecule has 2 atom stereocenters. The van der Waals surface area contributed by atoms with Gasteiger partial charge in [0.25, 0.3) is 0 Å². The van der Waals surface area contributed by atoms with E-state index in [2.05, 4.69) is 6.58 Å². The van der Waals surface area contributed by atoms with Gasteiger partial charge < -0.3 is 9.47 Å². The summed E-state index contributed by atoms with van der Waals surface area (Å²) in [6.45, 7) is 8.01. The van der Waals surface area contributed by atoms with Crippen LogP contribution >= 0.6 is 0 Å². The van der Waals surface area contributed by atoms with Crippen molar-refractivity contribution in [1.82, 2.24) is 0 Å². The van der Waals surface area contributed by atoms with E-state index in [0.717, 1.165) is 11.1 Å². The lowest BCUT2D eigenvalue weighted by Crippen LogP contribution is -2.28. The molecule has 0 amide bonds. The van der Waals surface area contributed by atoms with E-state index in [-0.39, 0.29) is 18.1 Å². The van der Waals surface area contributed by atoms with Crippen LogP contribution < -0.4 is 0 Å². The molecule has 1 fully saturated rings.